The van der Waals surface area contributed by atoms with Gasteiger partial charge in [-0.3, -0.25) is 14.5 Å². The van der Waals surface area contributed by atoms with Gasteiger partial charge in [-0.1, -0.05) is 6.92 Å². The third kappa shape index (κ3) is 5.25. The minimum absolute atomic E-state index is 0.0751. The number of hydrogen-bond acceptors (Lipinski definition) is 3. The highest BCUT2D eigenvalue weighted by molar-refractivity contribution is 5.81. The monoisotopic (exact) mass is 334 g/mol. The summed E-state index contributed by atoms with van der Waals surface area (Å²) in [7, 11) is 1.95. The van der Waals surface area contributed by atoms with Crippen LogP contribution in [0.15, 0.2) is 17.4 Å². The first-order valence-corrected chi connectivity index (χ1v) is 8.92. The molecule has 1 aliphatic rings. The second kappa shape index (κ2) is 9.30. The fraction of sp³-hybridized carbons (Fsp3) is 0.706. The zero-order valence-electron chi connectivity index (χ0n) is 15.1. The van der Waals surface area contributed by atoms with Gasteiger partial charge in [-0.25, -0.2) is 0 Å². The minimum atomic E-state index is 0.0751. The molecule has 1 aliphatic heterocycles. The number of hydrogen-bond donors (Lipinski definition) is 2. The van der Waals surface area contributed by atoms with Crippen molar-refractivity contribution in [2.24, 2.45) is 12.0 Å². The molecule has 0 saturated carbocycles. The summed E-state index contributed by atoms with van der Waals surface area (Å²) in [5.41, 5.74) is 1.29. The van der Waals surface area contributed by atoms with Gasteiger partial charge in [0.05, 0.1) is 12.7 Å². The zero-order chi connectivity index (χ0) is 17.4. The number of nitrogens with zero attached hydrogens (tertiary/aromatic N) is 4. The molecule has 0 spiro atoms. The summed E-state index contributed by atoms with van der Waals surface area (Å²) in [5.74, 6) is 1.48. The predicted octanol–water partition coefficient (Wildman–Crippen LogP) is 1.09. The van der Waals surface area contributed by atoms with E-state index in [2.05, 4.69) is 38.7 Å². The summed E-state index contributed by atoms with van der Waals surface area (Å²) < 4.78 is 1.85. The van der Waals surface area contributed by atoms with Crippen LogP contribution in [0.5, 0.6) is 0 Å². The van der Waals surface area contributed by atoms with Crippen LogP contribution < -0.4 is 10.6 Å². The molecule has 1 aromatic rings. The van der Waals surface area contributed by atoms with E-state index in [0.717, 1.165) is 45.0 Å². The molecule has 1 unspecified atom stereocenters. The van der Waals surface area contributed by atoms with Crippen LogP contribution in [-0.2, 0) is 11.8 Å². The molecule has 1 amide bonds. The summed E-state index contributed by atoms with van der Waals surface area (Å²) >= 11 is 0. The van der Waals surface area contributed by atoms with Crippen LogP contribution in [0.4, 0.5) is 0 Å². The molecule has 7 nitrogen and oxygen atoms in total. The maximum absolute atomic E-state index is 11.7. The molecule has 2 rings (SSSR count). The largest absolute Gasteiger partial charge is 0.357 e. The second-order valence-electron chi connectivity index (χ2n) is 6.21. The van der Waals surface area contributed by atoms with E-state index in [1.54, 1.807) is 0 Å². The van der Waals surface area contributed by atoms with Crippen LogP contribution in [0.2, 0.25) is 0 Å². The van der Waals surface area contributed by atoms with E-state index in [1.165, 1.54) is 5.56 Å². The number of guanidine groups is 1. The van der Waals surface area contributed by atoms with Gasteiger partial charge in [0.1, 0.15) is 0 Å². The molecule has 1 fully saturated rings. The van der Waals surface area contributed by atoms with Crippen molar-refractivity contribution in [1.82, 2.24) is 25.3 Å². The summed E-state index contributed by atoms with van der Waals surface area (Å²) in [6, 6.07) is 0. The highest BCUT2D eigenvalue weighted by Crippen LogP contribution is 2.26. The molecule has 1 aromatic heterocycles. The Balaban J connectivity index is 1.88. The lowest BCUT2D eigenvalue weighted by Crippen LogP contribution is -2.40. The van der Waals surface area contributed by atoms with Gasteiger partial charge in [-0.15, -0.1) is 0 Å². The lowest BCUT2D eigenvalue weighted by atomic mass is 10.0. The minimum Gasteiger partial charge on any atom is -0.357 e. The van der Waals surface area contributed by atoms with Crippen LogP contribution in [0.1, 0.15) is 44.6 Å². The van der Waals surface area contributed by atoms with Gasteiger partial charge in [-0.05, 0) is 25.3 Å². The van der Waals surface area contributed by atoms with Gasteiger partial charge in [0, 0.05) is 51.8 Å². The smallest absolute Gasteiger partial charge is 0.221 e. The second-order valence-corrected chi connectivity index (χ2v) is 6.21. The number of carbonyl (C=O) groups is 1. The molecular formula is C17H30N6O. The number of likely N-dealkylation sites (tertiary alicyclic amines) is 1. The van der Waals surface area contributed by atoms with Gasteiger partial charge in [0.2, 0.25) is 5.91 Å². The molecule has 0 radical (unpaired) electrons. The summed E-state index contributed by atoms with van der Waals surface area (Å²) in [6.45, 7) is 8.13. The number of carbonyl (C=O) groups excluding carboxylic acids is 1. The Morgan fingerprint density at radius 3 is 2.92 bits per heavy atom. The first-order chi connectivity index (χ1) is 11.6. The van der Waals surface area contributed by atoms with Gasteiger partial charge in [0.15, 0.2) is 5.96 Å². The maximum Gasteiger partial charge on any atom is 0.221 e. The number of nitrogens with one attached hydrogen (secondary N) is 2. The average Bonchev–Trinajstić information content (AvgIpc) is 3.21. The highest BCUT2D eigenvalue weighted by Gasteiger charge is 2.26. The Bertz CT molecular complexity index is 553. The van der Waals surface area contributed by atoms with Crippen molar-refractivity contribution in [3.63, 3.8) is 0 Å². The molecule has 0 bridgehead atoms. The van der Waals surface area contributed by atoms with Gasteiger partial charge in [0.25, 0.3) is 0 Å². The summed E-state index contributed by atoms with van der Waals surface area (Å²) in [4.78, 5) is 18.6. The maximum atomic E-state index is 11.7. The molecule has 7 heteroatoms. The Morgan fingerprint density at radius 2 is 2.25 bits per heavy atom. The third-order valence-electron chi connectivity index (χ3n) is 4.19. The highest BCUT2D eigenvalue weighted by atomic mass is 16.1. The lowest BCUT2D eigenvalue weighted by molar-refractivity contribution is -0.120. The summed E-state index contributed by atoms with van der Waals surface area (Å²) in [6.07, 6.45) is 6.55. The zero-order valence-corrected chi connectivity index (χ0v) is 15.1. The number of rotatable bonds is 7. The van der Waals surface area contributed by atoms with Crippen LogP contribution in [0.3, 0.4) is 0 Å². The quantitative estimate of drug-likeness (QED) is 0.578. The van der Waals surface area contributed by atoms with Crippen molar-refractivity contribution in [1.29, 1.82) is 0 Å². The lowest BCUT2D eigenvalue weighted by Gasteiger charge is -2.21. The van der Waals surface area contributed by atoms with Gasteiger partial charge >= 0.3 is 0 Å². The van der Waals surface area contributed by atoms with Crippen molar-refractivity contribution < 1.29 is 4.79 Å². The van der Waals surface area contributed by atoms with E-state index in [-0.39, 0.29) is 5.91 Å². The molecule has 0 aromatic carbocycles. The molecular weight excluding hydrogens is 304 g/mol. The SMILES string of the molecule is CCCNC(=O)CCN=C(NCC)N1CCC(c2cnn(C)c2)C1. The van der Waals surface area contributed by atoms with E-state index >= 15 is 0 Å². The van der Waals surface area contributed by atoms with Crippen molar-refractivity contribution in [2.75, 3.05) is 32.7 Å². The number of amides is 1. The predicted molar refractivity (Wildman–Crippen MR) is 96.0 cm³/mol. The van der Waals surface area contributed by atoms with Crippen molar-refractivity contribution in [2.45, 2.75) is 39.0 Å². The molecule has 2 N–H and O–H groups in total. The van der Waals surface area contributed by atoms with E-state index in [1.807, 2.05) is 24.9 Å². The van der Waals surface area contributed by atoms with Crippen LogP contribution in [0.25, 0.3) is 0 Å². The van der Waals surface area contributed by atoms with E-state index in [4.69, 9.17) is 0 Å². The summed E-state index contributed by atoms with van der Waals surface area (Å²) in [5, 5.41) is 10.5. The van der Waals surface area contributed by atoms with Crippen LogP contribution in [-0.4, -0.2) is 59.3 Å². The first kappa shape index (κ1) is 18.3. The Morgan fingerprint density at radius 1 is 1.42 bits per heavy atom. The van der Waals surface area contributed by atoms with Crippen LogP contribution >= 0.6 is 0 Å². The normalized spacial score (nSPS) is 18.0. The fourth-order valence-electron chi connectivity index (χ4n) is 2.92. The Kier molecular flexibility index (Phi) is 7.08. The van der Waals surface area contributed by atoms with Crippen molar-refractivity contribution >= 4 is 11.9 Å². The molecule has 2 heterocycles. The van der Waals surface area contributed by atoms with Crippen molar-refractivity contribution in [3.8, 4) is 0 Å². The third-order valence-corrected chi connectivity index (χ3v) is 4.19. The topological polar surface area (TPSA) is 74.6 Å². The molecule has 134 valence electrons. The van der Waals surface area contributed by atoms with E-state index < -0.39 is 0 Å². The molecule has 0 aliphatic carbocycles. The van der Waals surface area contributed by atoms with Crippen molar-refractivity contribution in [3.05, 3.63) is 18.0 Å². The number of aromatic nitrogens is 2. The van der Waals surface area contributed by atoms with Crippen LogP contribution in [0, 0.1) is 0 Å². The Labute approximate surface area is 144 Å². The number of aliphatic imine (C=N–C) groups is 1. The average molecular weight is 334 g/mol. The molecule has 1 saturated heterocycles. The standard InChI is InChI=1S/C17H30N6O/c1-4-8-19-16(24)6-9-20-17(18-5-2)23-10-7-14(13-23)15-11-21-22(3)12-15/h11-12,14H,4-10,13H2,1-3H3,(H,18,20)(H,19,24). The molecule has 1 atom stereocenters. The number of aryl methyl sites for hydroxylation is 1. The van der Waals surface area contributed by atoms with E-state index in [9.17, 15) is 4.79 Å². The first-order valence-electron chi connectivity index (χ1n) is 8.92. The van der Waals surface area contributed by atoms with Gasteiger partial charge in [-0.2, -0.15) is 5.10 Å². The van der Waals surface area contributed by atoms with Gasteiger partial charge < -0.3 is 15.5 Å². The molecule has 24 heavy (non-hydrogen) atoms. The fourth-order valence-corrected chi connectivity index (χ4v) is 2.92. The van der Waals surface area contributed by atoms with E-state index in [0.29, 0.717) is 18.9 Å². The Hall–Kier alpha value is -2.05.